The maximum Gasteiger partial charge on any atom is 0.252 e. The fourth-order valence-corrected chi connectivity index (χ4v) is 3.08. The second-order valence-corrected chi connectivity index (χ2v) is 6.73. The van der Waals surface area contributed by atoms with Gasteiger partial charge in [-0.3, -0.25) is 9.78 Å². The second-order valence-electron chi connectivity index (χ2n) is 5.89. The number of nitrogens with one attached hydrogen (secondary N) is 2. The third-order valence-electron chi connectivity index (χ3n) is 4.03. The molecule has 3 rings (SSSR count). The van der Waals surface area contributed by atoms with Gasteiger partial charge in [-0.05, 0) is 49.2 Å². The molecule has 0 atom stereocenters. The minimum Gasteiger partial charge on any atom is -0.384 e. The molecule has 3 aromatic rings. The van der Waals surface area contributed by atoms with Gasteiger partial charge in [-0.15, -0.1) is 0 Å². The molecule has 0 aliphatic carbocycles. The Morgan fingerprint density at radius 2 is 1.81 bits per heavy atom. The molecule has 2 N–H and O–H groups in total. The van der Waals surface area contributed by atoms with Gasteiger partial charge in [0.2, 0.25) is 0 Å². The van der Waals surface area contributed by atoms with Crippen molar-refractivity contribution in [2.75, 3.05) is 18.4 Å². The summed E-state index contributed by atoms with van der Waals surface area (Å²) in [6, 6.07) is 14.7. The van der Waals surface area contributed by atoms with Crippen molar-refractivity contribution in [2.24, 2.45) is 0 Å². The topological polar surface area (TPSA) is 54.0 Å². The normalized spacial score (nSPS) is 10.7. The lowest BCUT2D eigenvalue weighted by Crippen LogP contribution is -2.25. The van der Waals surface area contributed by atoms with Gasteiger partial charge in [0.05, 0.1) is 16.1 Å². The Bertz CT molecular complexity index is 914. The minimum absolute atomic E-state index is 0.138. The average molecular weight is 388 g/mol. The van der Waals surface area contributed by atoms with E-state index in [1.807, 2.05) is 30.3 Å². The highest BCUT2D eigenvalue weighted by atomic mass is 35.5. The van der Waals surface area contributed by atoms with E-state index in [2.05, 4.69) is 15.6 Å². The highest BCUT2D eigenvalue weighted by Gasteiger charge is 2.08. The van der Waals surface area contributed by atoms with Crippen LogP contribution in [0.3, 0.4) is 0 Å². The Hall–Kier alpha value is -2.30. The molecule has 134 valence electrons. The fourth-order valence-electron chi connectivity index (χ4n) is 2.69. The minimum atomic E-state index is -0.138. The SMILES string of the molecule is O=C(NCCCCNc1ccnc2cc(Cl)ccc12)c1ccccc1Cl. The molecule has 26 heavy (non-hydrogen) atoms. The van der Waals surface area contributed by atoms with Crippen molar-refractivity contribution in [3.8, 4) is 0 Å². The standard InChI is InChI=1S/C20H19Cl2N3O/c21-14-7-8-16-18(9-12-24-19(16)13-14)23-10-3-4-11-25-20(26)15-5-1-2-6-17(15)22/h1-2,5-9,12-13H,3-4,10-11H2,(H,23,24)(H,25,26). The van der Waals surface area contributed by atoms with Crippen LogP contribution in [0.4, 0.5) is 5.69 Å². The first-order valence-electron chi connectivity index (χ1n) is 8.46. The average Bonchev–Trinajstić information content (AvgIpc) is 2.64. The number of hydrogen-bond acceptors (Lipinski definition) is 3. The highest BCUT2D eigenvalue weighted by Crippen LogP contribution is 2.24. The number of amides is 1. The first kappa shape index (κ1) is 18.5. The summed E-state index contributed by atoms with van der Waals surface area (Å²) in [7, 11) is 0. The lowest BCUT2D eigenvalue weighted by Gasteiger charge is -2.10. The third-order valence-corrected chi connectivity index (χ3v) is 4.59. The molecule has 0 fully saturated rings. The summed E-state index contributed by atoms with van der Waals surface area (Å²) in [4.78, 5) is 16.4. The van der Waals surface area contributed by atoms with E-state index < -0.39 is 0 Å². The highest BCUT2D eigenvalue weighted by molar-refractivity contribution is 6.33. The number of aromatic nitrogens is 1. The van der Waals surface area contributed by atoms with Gasteiger partial charge >= 0.3 is 0 Å². The van der Waals surface area contributed by atoms with E-state index in [4.69, 9.17) is 23.2 Å². The number of hydrogen-bond donors (Lipinski definition) is 2. The molecule has 0 unspecified atom stereocenters. The molecule has 1 heterocycles. The lowest BCUT2D eigenvalue weighted by atomic mass is 10.2. The molecule has 2 aromatic carbocycles. The third kappa shape index (κ3) is 4.65. The van der Waals surface area contributed by atoms with Crippen molar-refractivity contribution < 1.29 is 4.79 Å². The smallest absolute Gasteiger partial charge is 0.252 e. The van der Waals surface area contributed by atoms with Gasteiger partial charge in [0.15, 0.2) is 0 Å². The summed E-state index contributed by atoms with van der Waals surface area (Å²) in [5, 5.41) is 8.51. The largest absolute Gasteiger partial charge is 0.384 e. The van der Waals surface area contributed by atoms with Gasteiger partial charge in [0.25, 0.3) is 5.91 Å². The molecular weight excluding hydrogens is 369 g/mol. The zero-order valence-electron chi connectivity index (χ0n) is 14.1. The Labute approximate surface area is 162 Å². The Kier molecular flexibility index (Phi) is 6.31. The van der Waals surface area contributed by atoms with Crippen molar-refractivity contribution in [1.29, 1.82) is 0 Å². The maximum atomic E-state index is 12.1. The summed E-state index contributed by atoms with van der Waals surface area (Å²) < 4.78 is 0. The predicted molar refractivity (Wildman–Crippen MR) is 108 cm³/mol. The number of nitrogens with zero attached hydrogens (tertiary/aromatic N) is 1. The Balaban J connectivity index is 1.44. The Morgan fingerprint density at radius 3 is 2.65 bits per heavy atom. The maximum absolute atomic E-state index is 12.1. The number of anilines is 1. The van der Waals surface area contributed by atoms with Crippen LogP contribution < -0.4 is 10.6 Å². The van der Waals surface area contributed by atoms with Gasteiger partial charge in [0, 0.05) is 35.4 Å². The molecule has 0 saturated heterocycles. The number of carbonyl (C=O) groups is 1. The first-order chi connectivity index (χ1) is 12.6. The number of pyridine rings is 1. The summed E-state index contributed by atoms with van der Waals surface area (Å²) in [5.41, 5.74) is 2.41. The summed E-state index contributed by atoms with van der Waals surface area (Å²) in [6.07, 6.45) is 3.57. The molecule has 6 heteroatoms. The molecule has 0 radical (unpaired) electrons. The number of rotatable bonds is 7. The molecule has 1 amide bonds. The zero-order valence-corrected chi connectivity index (χ0v) is 15.6. The molecule has 0 saturated carbocycles. The second kappa shape index (κ2) is 8.88. The van der Waals surface area contributed by atoms with Crippen molar-refractivity contribution in [2.45, 2.75) is 12.8 Å². The van der Waals surface area contributed by atoms with E-state index in [1.165, 1.54) is 0 Å². The van der Waals surface area contributed by atoms with Crippen LogP contribution >= 0.6 is 23.2 Å². The van der Waals surface area contributed by atoms with Crippen LogP contribution in [-0.2, 0) is 0 Å². The van der Waals surface area contributed by atoms with Gasteiger partial charge in [-0.1, -0.05) is 35.3 Å². The summed E-state index contributed by atoms with van der Waals surface area (Å²) in [6.45, 7) is 1.42. The van der Waals surface area contributed by atoms with Crippen LogP contribution in [0.5, 0.6) is 0 Å². The van der Waals surface area contributed by atoms with E-state index in [0.29, 0.717) is 22.2 Å². The number of halogens is 2. The summed E-state index contributed by atoms with van der Waals surface area (Å²) in [5.74, 6) is -0.138. The van der Waals surface area contributed by atoms with Crippen molar-refractivity contribution in [3.05, 3.63) is 70.3 Å². The first-order valence-corrected chi connectivity index (χ1v) is 9.21. The van der Waals surface area contributed by atoms with Crippen LogP contribution in [0.15, 0.2) is 54.7 Å². The molecule has 0 bridgehead atoms. The molecule has 0 aliphatic heterocycles. The van der Waals surface area contributed by atoms with E-state index in [-0.39, 0.29) is 5.91 Å². The lowest BCUT2D eigenvalue weighted by molar-refractivity contribution is 0.0953. The predicted octanol–water partition coefficient (Wildman–Crippen LogP) is 5.16. The number of unbranched alkanes of at least 4 members (excludes halogenated alkanes) is 1. The van der Waals surface area contributed by atoms with E-state index >= 15 is 0 Å². The number of carbonyl (C=O) groups excluding carboxylic acids is 1. The number of fused-ring (bicyclic) bond motifs is 1. The summed E-state index contributed by atoms with van der Waals surface area (Å²) >= 11 is 12.0. The van der Waals surface area contributed by atoms with Gasteiger partial charge < -0.3 is 10.6 Å². The molecular formula is C20H19Cl2N3O. The van der Waals surface area contributed by atoms with E-state index in [1.54, 1.807) is 24.4 Å². The number of benzene rings is 2. The van der Waals surface area contributed by atoms with Crippen molar-refractivity contribution in [1.82, 2.24) is 10.3 Å². The molecule has 1 aromatic heterocycles. The van der Waals surface area contributed by atoms with Crippen LogP contribution in [0, 0.1) is 0 Å². The van der Waals surface area contributed by atoms with Crippen LogP contribution in [0.2, 0.25) is 10.0 Å². The molecule has 0 aliphatic rings. The molecule has 4 nitrogen and oxygen atoms in total. The van der Waals surface area contributed by atoms with Crippen LogP contribution in [-0.4, -0.2) is 24.0 Å². The Morgan fingerprint density at radius 1 is 1.00 bits per heavy atom. The van der Waals surface area contributed by atoms with E-state index in [9.17, 15) is 4.79 Å². The quantitative estimate of drug-likeness (QED) is 0.550. The van der Waals surface area contributed by atoms with Gasteiger partial charge in [-0.2, -0.15) is 0 Å². The van der Waals surface area contributed by atoms with Crippen LogP contribution in [0.1, 0.15) is 23.2 Å². The van der Waals surface area contributed by atoms with E-state index in [0.717, 1.165) is 36.0 Å². The van der Waals surface area contributed by atoms with Gasteiger partial charge in [0.1, 0.15) is 0 Å². The van der Waals surface area contributed by atoms with Crippen molar-refractivity contribution in [3.63, 3.8) is 0 Å². The van der Waals surface area contributed by atoms with Crippen LogP contribution in [0.25, 0.3) is 10.9 Å². The fraction of sp³-hybridized carbons (Fsp3) is 0.200. The zero-order chi connectivity index (χ0) is 18.4. The van der Waals surface area contributed by atoms with Gasteiger partial charge in [-0.25, -0.2) is 0 Å². The van der Waals surface area contributed by atoms with Crippen molar-refractivity contribution >= 4 is 45.7 Å². The molecule has 0 spiro atoms. The monoisotopic (exact) mass is 387 g/mol.